The molecule has 9 aromatic carbocycles. The maximum atomic E-state index is 2.43. The van der Waals surface area contributed by atoms with Crippen LogP contribution in [0.4, 0.5) is 17.1 Å². The largest absolute Gasteiger partial charge is 0.310 e. The summed E-state index contributed by atoms with van der Waals surface area (Å²) in [6.45, 7) is 0. The van der Waals surface area contributed by atoms with Crippen LogP contribution in [-0.2, 0) is 0 Å². The zero-order chi connectivity index (χ0) is 34.4. The van der Waals surface area contributed by atoms with Gasteiger partial charge in [-0.1, -0.05) is 152 Å². The van der Waals surface area contributed by atoms with E-state index in [9.17, 15) is 0 Å². The Morgan fingerprint density at radius 1 is 0.327 bits per heavy atom. The van der Waals surface area contributed by atoms with Crippen LogP contribution in [0.5, 0.6) is 0 Å². The van der Waals surface area contributed by atoms with Gasteiger partial charge < -0.3 is 9.47 Å². The molecule has 0 N–H and O–H groups in total. The molecular weight excluding hydrogens is 629 g/mol. The third-order valence-corrected chi connectivity index (χ3v) is 10.4. The Labute approximate surface area is 303 Å². The summed E-state index contributed by atoms with van der Waals surface area (Å²) in [7, 11) is 0. The van der Waals surface area contributed by atoms with Gasteiger partial charge in [0.2, 0.25) is 0 Å². The van der Waals surface area contributed by atoms with E-state index in [1.54, 1.807) is 0 Å². The van der Waals surface area contributed by atoms with E-state index in [0.717, 1.165) is 17.1 Å². The zero-order valence-electron chi connectivity index (χ0n) is 28.5. The molecule has 52 heavy (non-hydrogen) atoms. The van der Waals surface area contributed by atoms with E-state index in [1.807, 2.05) is 0 Å². The highest BCUT2D eigenvalue weighted by Crippen LogP contribution is 2.45. The van der Waals surface area contributed by atoms with Crippen LogP contribution in [0.3, 0.4) is 0 Å². The van der Waals surface area contributed by atoms with Crippen LogP contribution in [0, 0.1) is 0 Å². The first-order valence-corrected chi connectivity index (χ1v) is 17.9. The van der Waals surface area contributed by atoms with Gasteiger partial charge in [-0.05, 0) is 87.4 Å². The molecule has 0 aliphatic rings. The van der Waals surface area contributed by atoms with Gasteiger partial charge in [0, 0.05) is 33.1 Å². The summed E-state index contributed by atoms with van der Waals surface area (Å²) in [4.78, 5) is 2.39. The number of benzene rings is 9. The Morgan fingerprint density at radius 3 is 1.83 bits per heavy atom. The normalized spacial score (nSPS) is 11.5. The van der Waals surface area contributed by atoms with Gasteiger partial charge in [-0.15, -0.1) is 0 Å². The smallest absolute Gasteiger partial charge is 0.0541 e. The maximum Gasteiger partial charge on any atom is 0.0541 e. The first-order valence-electron chi connectivity index (χ1n) is 17.9. The minimum absolute atomic E-state index is 1.12. The van der Waals surface area contributed by atoms with Gasteiger partial charge in [0.1, 0.15) is 0 Å². The minimum atomic E-state index is 1.12. The second-order valence-electron chi connectivity index (χ2n) is 13.3. The highest BCUT2D eigenvalue weighted by Gasteiger charge is 2.20. The quantitative estimate of drug-likeness (QED) is 0.172. The molecule has 0 bridgehead atoms. The van der Waals surface area contributed by atoms with Gasteiger partial charge in [-0.3, -0.25) is 0 Å². The lowest BCUT2D eigenvalue weighted by Gasteiger charge is -2.28. The third kappa shape index (κ3) is 4.96. The molecule has 0 saturated carbocycles. The first-order chi connectivity index (χ1) is 25.8. The Bertz CT molecular complexity index is 2910. The molecule has 0 atom stereocenters. The predicted molar refractivity (Wildman–Crippen MR) is 221 cm³/mol. The van der Waals surface area contributed by atoms with Crippen molar-refractivity contribution in [3.05, 3.63) is 206 Å². The summed E-state index contributed by atoms with van der Waals surface area (Å²) < 4.78 is 2.43. The second-order valence-corrected chi connectivity index (χ2v) is 13.3. The number of rotatable bonds is 6. The maximum absolute atomic E-state index is 2.43. The van der Waals surface area contributed by atoms with Gasteiger partial charge in [0.05, 0.1) is 22.4 Å². The van der Waals surface area contributed by atoms with Crippen molar-refractivity contribution in [3.8, 4) is 27.9 Å². The van der Waals surface area contributed by atoms with Crippen molar-refractivity contribution < 1.29 is 0 Å². The van der Waals surface area contributed by atoms with Crippen LogP contribution in [0.2, 0.25) is 0 Å². The van der Waals surface area contributed by atoms with Crippen LogP contribution >= 0.6 is 0 Å². The third-order valence-electron chi connectivity index (χ3n) is 10.4. The van der Waals surface area contributed by atoms with Crippen molar-refractivity contribution in [2.45, 2.75) is 0 Å². The van der Waals surface area contributed by atoms with Crippen LogP contribution in [0.15, 0.2) is 206 Å². The van der Waals surface area contributed by atoms with Crippen molar-refractivity contribution in [1.29, 1.82) is 0 Å². The molecule has 0 spiro atoms. The van der Waals surface area contributed by atoms with Gasteiger partial charge in [0.25, 0.3) is 0 Å². The van der Waals surface area contributed by atoms with Crippen molar-refractivity contribution in [3.63, 3.8) is 0 Å². The summed E-state index contributed by atoms with van der Waals surface area (Å²) in [6, 6.07) is 74.7. The van der Waals surface area contributed by atoms with Gasteiger partial charge in [0.15, 0.2) is 0 Å². The number of nitrogens with zero attached hydrogens (tertiary/aromatic N) is 2. The summed E-state index contributed by atoms with van der Waals surface area (Å²) >= 11 is 0. The molecule has 10 rings (SSSR count). The monoisotopic (exact) mass is 662 g/mol. The standard InChI is InChI=1S/C50H34N2/c1-2-19-39(20-3-1)51(40-31-29-35-15-4-5-17-37(35)33-40)48-26-12-10-24-44(48)43-23-9-8-21-41(43)38-30-32-50-46(34-38)45-25-11-13-27-49(45)52(50)47-28-14-18-36-16-6-7-22-42(36)47/h1-34H. The van der Waals surface area contributed by atoms with Gasteiger partial charge in [-0.25, -0.2) is 0 Å². The predicted octanol–water partition coefficient (Wildman–Crippen LogP) is 13.9. The van der Waals surface area contributed by atoms with Crippen LogP contribution < -0.4 is 4.90 Å². The summed E-state index contributed by atoms with van der Waals surface area (Å²) in [5.41, 5.74) is 11.7. The number of para-hydroxylation sites is 3. The fourth-order valence-electron chi connectivity index (χ4n) is 7.99. The van der Waals surface area contributed by atoms with E-state index in [1.165, 1.54) is 71.3 Å². The topological polar surface area (TPSA) is 8.17 Å². The molecule has 0 fully saturated rings. The highest BCUT2D eigenvalue weighted by atomic mass is 15.1. The lowest BCUT2D eigenvalue weighted by Crippen LogP contribution is -2.11. The highest BCUT2D eigenvalue weighted by molar-refractivity contribution is 6.12. The second kappa shape index (κ2) is 12.5. The number of hydrogen-bond acceptors (Lipinski definition) is 1. The van der Waals surface area contributed by atoms with E-state index in [4.69, 9.17) is 0 Å². The molecule has 0 amide bonds. The van der Waals surface area contributed by atoms with Gasteiger partial charge >= 0.3 is 0 Å². The molecule has 2 heteroatoms. The molecule has 1 heterocycles. The summed E-state index contributed by atoms with van der Waals surface area (Å²) in [6.07, 6.45) is 0. The van der Waals surface area contributed by atoms with Crippen molar-refractivity contribution in [1.82, 2.24) is 4.57 Å². The van der Waals surface area contributed by atoms with Crippen molar-refractivity contribution >= 4 is 60.4 Å². The number of aromatic nitrogens is 1. The summed E-state index contributed by atoms with van der Waals surface area (Å²) in [5, 5.41) is 7.42. The van der Waals surface area contributed by atoms with E-state index in [0.29, 0.717) is 0 Å². The molecule has 10 aromatic rings. The molecule has 0 saturated heterocycles. The Hall–Kier alpha value is -6.90. The lowest BCUT2D eigenvalue weighted by atomic mass is 9.92. The molecule has 0 radical (unpaired) electrons. The number of fused-ring (bicyclic) bond motifs is 5. The molecule has 1 aromatic heterocycles. The molecule has 0 aliphatic heterocycles. The SMILES string of the molecule is c1ccc(N(c2ccc3ccccc3c2)c2ccccc2-c2ccccc2-c2ccc3c(c2)c2ccccc2n3-c2cccc3ccccc23)cc1. The molecule has 244 valence electrons. The Balaban J connectivity index is 1.16. The van der Waals surface area contributed by atoms with E-state index < -0.39 is 0 Å². The van der Waals surface area contributed by atoms with Crippen molar-refractivity contribution in [2.75, 3.05) is 4.90 Å². The fraction of sp³-hybridized carbons (Fsp3) is 0. The van der Waals surface area contributed by atoms with E-state index >= 15 is 0 Å². The Kier molecular flexibility index (Phi) is 7.18. The van der Waals surface area contributed by atoms with Crippen molar-refractivity contribution in [2.24, 2.45) is 0 Å². The van der Waals surface area contributed by atoms with Crippen LogP contribution in [0.25, 0.3) is 71.3 Å². The Morgan fingerprint density at radius 2 is 0.962 bits per heavy atom. The molecule has 0 unspecified atom stereocenters. The molecular formula is C50H34N2. The van der Waals surface area contributed by atoms with E-state index in [2.05, 4.69) is 216 Å². The van der Waals surface area contributed by atoms with Crippen LogP contribution in [-0.4, -0.2) is 4.57 Å². The van der Waals surface area contributed by atoms with Crippen LogP contribution in [0.1, 0.15) is 0 Å². The van der Waals surface area contributed by atoms with Gasteiger partial charge in [-0.2, -0.15) is 0 Å². The average Bonchev–Trinajstić information content (AvgIpc) is 3.55. The summed E-state index contributed by atoms with van der Waals surface area (Å²) in [5.74, 6) is 0. The average molecular weight is 663 g/mol. The minimum Gasteiger partial charge on any atom is -0.310 e. The van der Waals surface area contributed by atoms with E-state index in [-0.39, 0.29) is 0 Å². The zero-order valence-corrected chi connectivity index (χ0v) is 28.5. The fourth-order valence-corrected chi connectivity index (χ4v) is 7.99. The number of anilines is 3. The number of hydrogen-bond donors (Lipinski definition) is 0. The lowest BCUT2D eigenvalue weighted by molar-refractivity contribution is 1.20. The molecule has 2 nitrogen and oxygen atoms in total. The molecule has 0 aliphatic carbocycles. The first kappa shape index (κ1) is 30.0.